The molecular formula is C27H34N2O7. The minimum absolute atomic E-state index is 0.187. The fraction of sp³-hybridized carbons (Fsp3) is 0.444. The van der Waals surface area contributed by atoms with Crippen molar-refractivity contribution in [3.05, 3.63) is 48.0 Å². The standard InChI is InChI=1S/C27H34N2O7/c1-4-29(21-8-6-5-7-9-21)26(31)18-36-27(32)19-10-15-23(24(16-19)34-3)35-17-25(30)28-20-11-13-22(33-2)14-12-20/h10-16,21H,4-9,17-18H2,1-3H3,(H,28,30). The van der Waals surface area contributed by atoms with Crippen LogP contribution in [0.15, 0.2) is 42.5 Å². The van der Waals surface area contributed by atoms with Crippen molar-refractivity contribution in [3.8, 4) is 17.2 Å². The molecule has 3 rings (SSSR count). The number of carbonyl (C=O) groups is 3. The van der Waals surface area contributed by atoms with Crippen LogP contribution < -0.4 is 19.5 Å². The number of rotatable bonds is 11. The molecular weight excluding hydrogens is 464 g/mol. The summed E-state index contributed by atoms with van der Waals surface area (Å²) in [6.45, 7) is 1.96. The van der Waals surface area contributed by atoms with E-state index in [-0.39, 0.29) is 42.4 Å². The SMILES string of the molecule is CCN(C(=O)COC(=O)c1ccc(OCC(=O)Nc2ccc(OC)cc2)c(OC)c1)C1CCCCC1. The first-order valence-corrected chi connectivity index (χ1v) is 12.2. The third-order valence-corrected chi connectivity index (χ3v) is 6.14. The highest BCUT2D eigenvalue weighted by Gasteiger charge is 2.25. The average molecular weight is 499 g/mol. The molecule has 1 aliphatic carbocycles. The van der Waals surface area contributed by atoms with Gasteiger partial charge in [-0.25, -0.2) is 4.79 Å². The Morgan fingerprint density at radius 1 is 0.917 bits per heavy atom. The van der Waals surface area contributed by atoms with Gasteiger partial charge in [-0.2, -0.15) is 0 Å². The van der Waals surface area contributed by atoms with Crippen LogP contribution in [-0.2, 0) is 14.3 Å². The van der Waals surface area contributed by atoms with Crippen LogP contribution in [0.25, 0.3) is 0 Å². The highest BCUT2D eigenvalue weighted by Crippen LogP contribution is 2.29. The van der Waals surface area contributed by atoms with Gasteiger partial charge in [0.15, 0.2) is 24.7 Å². The number of esters is 1. The molecule has 0 heterocycles. The maximum Gasteiger partial charge on any atom is 0.338 e. The minimum atomic E-state index is -0.634. The molecule has 1 N–H and O–H groups in total. The summed E-state index contributed by atoms with van der Waals surface area (Å²) in [4.78, 5) is 39.3. The average Bonchev–Trinajstić information content (AvgIpc) is 2.91. The highest BCUT2D eigenvalue weighted by atomic mass is 16.5. The van der Waals surface area contributed by atoms with Gasteiger partial charge in [0.2, 0.25) is 0 Å². The molecule has 2 aromatic carbocycles. The maximum absolute atomic E-state index is 12.7. The van der Waals surface area contributed by atoms with Crippen molar-refractivity contribution >= 4 is 23.5 Å². The van der Waals surface area contributed by atoms with E-state index in [1.807, 2.05) is 6.92 Å². The van der Waals surface area contributed by atoms with E-state index in [4.69, 9.17) is 18.9 Å². The second-order valence-electron chi connectivity index (χ2n) is 8.48. The van der Waals surface area contributed by atoms with E-state index in [2.05, 4.69) is 5.32 Å². The van der Waals surface area contributed by atoms with E-state index in [9.17, 15) is 14.4 Å². The van der Waals surface area contributed by atoms with Crippen molar-refractivity contribution in [1.29, 1.82) is 0 Å². The topological polar surface area (TPSA) is 103 Å². The zero-order valence-electron chi connectivity index (χ0n) is 21.1. The van der Waals surface area contributed by atoms with Gasteiger partial charge in [0, 0.05) is 18.3 Å². The van der Waals surface area contributed by atoms with Crippen molar-refractivity contribution in [2.45, 2.75) is 45.1 Å². The molecule has 0 bridgehead atoms. The Bertz CT molecular complexity index is 1030. The molecule has 194 valence electrons. The molecule has 9 heteroatoms. The smallest absolute Gasteiger partial charge is 0.338 e. The van der Waals surface area contributed by atoms with Gasteiger partial charge in [-0.1, -0.05) is 19.3 Å². The number of amides is 2. The summed E-state index contributed by atoms with van der Waals surface area (Å²) in [6.07, 6.45) is 5.41. The summed E-state index contributed by atoms with van der Waals surface area (Å²) in [5, 5.41) is 2.72. The molecule has 1 saturated carbocycles. The van der Waals surface area contributed by atoms with E-state index in [1.54, 1.807) is 36.3 Å². The lowest BCUT2D eigenvalue weighted by Crippen LogP contribution is -2.43. The van der Waals surface area contributed by atoms with E-state index in [0.29, 0.717) is 23.7 Å². The van der Waals surface area contributed by atoms with Crippen LogP contribution in [0, 0.1) is 0 Å². The quantitative estimate of drug-likeness (QED) is 0.466. The zero-order chi connectivity index (χ0) is 25.9. The van der Waals surface area contributed by atoms with Crippen molar-refractivity contribution in [2.75, 3.05) is 39.3 Å². The summed E-state index contributed by atoms with van der Waals surface area (Å²) in [6, 6.07) is 11.6. The predicted octanol–water partition coefficient (Wildman–Crippen LogP) is 4.06. The molecule has 9 nitrogen and oxygen atoms in total. The lowest BCUT2D eigenvalue weighted by Gasteiger charge is -2.33. The van der Waals surface area contributed by atoms with Gasteiger partial charge in [-0.05, 0) is 62.2 Å². The molecule has 2 aromatic rings. The Morgan fingerprint density at radius 3 is 2.28 bits per heavy atom. The second-order valence-corrected chi connectivity index (χ2v) is 8.48. The Labute approximate surface area is 211 Å². The van der Waals surface area contributed by atoms with Crippen LogP contribution in [0.1, 0.15) is 49.4 Å². The van der Waals surface area contributed by atoms with Gasteiger partial charge < -0.3 is 29.2 Å². The van der Waals surface area contributed by atoms with E-state index >= 15 is 0 Å². The predicted molar refractivity (Wildman–Crippen MR) is 135 cm³/mol. The molecule has 0 atom stereocenters. The maximum atomic E-state index is 12.7. The molecule has 0 saturated heterocycles. The normalized spacial score (nSPS) is 13.4. The fourth-order valence-corrected chi connectivity index (χ4v) is 4.25. The fourth-order valence-electron chi connectivity index (χ4n) is 4.25. The number of hydrogen-bond donors (Lipinski definition) is 1. The van der Waals surface area contributed by atoms with Crippen LogP contribution in [-0.4, -0.2) is 62.7 Å². The van der Waals surface area contributed by atoms with E-state index in [1.165, 1.54) is 31.7 Å². The van der Waals surface area contributed by atoms with Gasteiger partial charge in [-0.3, -0.25) is 9.59 Å². The Balaban J connectivity index is 1.52. The van der Waals surface area contributed by atoms with Crippen LogP contribution in [0.2, 0.25) is 0 Å². The van der Waals surface area contributed by atoms with Gasteiger partial charge >= 0.3 is 5.97 Å². The van der Waals surface area contributed by atoms with Crippen molar-refractivity contribution in [2.24, 2.45) is 0 Å². The lowest BCUT2D eigenvalue weighted by molar-refractivity contribution is -0.137. The van der Waals surface area contributed by atoms with Crippen LogP contribution >= 0.6 is 0 Å². The van der Waals surface area contributed by atoms with Crippen molar-refractivity contribution < 1.29 is 33.3 Å². The van der Waals surface area contributed by atoms with Crippen molar-refractivity contribution in [3.63, 3.8) is 0 Å². The number of hydrogen-bond acceptors (Lipinski definition) is 7. The highest BCUT2D eigenvalue weighted by molar-refractivity contribution is 5.93. The van der Waals surface area contributed by atoms with Gasteiger partial charge in [0.1, 0.15) is 5.75 Å². The second kappa shape index (κ2) is 13.4. The summed E-state index contributed by atoms with van der Waals surface area (Å²) < 4.78 is 21.3. The number of anilines is 1. The van der Waals surface area contributed by atoms with E-state index < -0.39 is 5.97 Å². The van der Waals surface area contributed by atoms with E-state index in [0.717, 1.165) is 25.7 Å². The number of nitrogens with one attached hydrogen (secondary N) is 1. The molecule has 0 aromatic heterocycles. The number of benzene rings is 2. The van der Waals surface area contributed by atoms with Crippen molar-refractivity contribution in [1.82, 2.24) is 4.90 Å². The zero-order valence-corrected chi connectivity index (χ0v) is 21.1. The Kier molecular flexibility index (Phi) is 9.97. The molecule has 0 radical (unpaired) electrons. The summed E-state index contributed by atoms with van der Waals surface area (Å²) >= 11 is 0. The monoisotopic (exact) mass is 498 g/mol. The third kappa shape index (κ3) is 7.37. The molecule has 36 heavy (non-hydrogen) atoms. The molecule has 2 amide bonds. The number of carbonyl (C=O) groups excluding carboxylic acids is 3. The lowest BCUT2D eigenvalue weighted by atomic mass is 9.94. The first kappa shape index (κ1) is 26.8. The number of methoxy groups -OCH3 is 2. The molecule has 0 unspecified atom stereocenters. The largest absolute Gasteiger partial charge is 0.497 e. The minimum Gasteiger partial charge on any atom is -0.497 e. The molecule has 1 fully saturated rings. The number of nitrogens with zero attached hydrogens (tertiary/aromatic N) is 1. The molecule has 1 aliphatic rings. The first-order chi connectivity index (χ1) is 17.4. The Hall–Kier alpha value is -3.75. The summed E-state index contributed by atoms with van der Waals surface area (Å²) in [5.74, 6) is 0.0686. The number of likely N-dealkylation sites (N-methyl/N-ethyl adjacent to an activating group) is 1. The summed E-state index contributed by atoms with van der Waals surface area (Å²) in [7, 11) is 3.00. The summed E-state index contributed by atoms with van der Waals surface area (Å²) in [5.41, 5.74) is 0.824. The number of ether oxygens (including phenoxy) is 4. The Morgan fingerprint density at radius 2 is 1.64 bits per heavy atom. The van der Waals surface area contributed by atoms with Crippen LogP contribution in [0.3, 0.4) is 0 Å². The third-order valence-electron chi connectivity index (χ3n) is 6.14. The van der Waals surface area contributed by atoms with Gasteiger partial charge in [0.25, 0.3) is 11.8 Å². The van der Waals surface area contributed by atoms with Crippen LogP contribution in [0.4, 0.5) is 5.69 Å². The molecule has 0 aliphatic heterocycles. The first-order valence-electron chi connectivity index (χ1n) is 12.2. The van der Waals surface area contributed by atoms with Gasteiger partial charge in [0.05, 0.1) is 19.8 Å². The van der Waals surface area contributed by atoms with Gasteiger partial charge in [-0.15, -0.1) is 0 Å². The molecule has 0 spiro atoms. The van der Waals surface area contributed by atoms with Crippen LogP contribution in [0.5, 0.6) is 17.2 Å².